The number of aliphatic hydroxyl groups is 4. The van der Waals surface area contributed by atoms with Gasteiger partial charge in [-0.25, -0.2) is 0 Å². The van der Waals surface area contributed by atoms with E-state index in [4.69, 9.17) is 14.6 Å². The van der Waals surface area contributed by atoms with Crippen LogP contribution in [0.2, 0.25) is 0 Å². The van der Waals surface area contributed by atoms with Crippen LogP contribution in [0.4, 0.5) is 0 Å². The molecule has 13 heavy (non-hydrogen) atoms. The topological polar surface area (TPSA) is 99.4 Å². The Morgan fingerprint density at radius 1 is 1.38 bits per heavy atom. The molecule has 6 heteroatoms. The van der Waals surface area contributed by atoms with Gasteiger partial charge in [-0.05, 0) is 0 Å². The maximum Gasteiger partial charge on any atom is 0.187 e. The smallest absolute Gasteiger partial charge is 0.187 e. The number of rotatable bonds is 1. The van der Waals surface area contributed by atoms with Gasteiger partial charge >= 0.3 is 0 Å². The van der Waals surface area contributed by atoms with E-state index in [0.717, 1.165) is 0 Å². The number of fused-ring (bicyclic) bond motifs is 2. The highest BCUT2D eigenvalue weighted by Gasteiger charge is 2.62. The van der Waals surface area contributed by atoms with Crippen LogP contribution in [0.25, 0.3) is 0 Å². The highest BCUT2D eigenvalue weighted by atomic mass is 16.7. The van der Waals surface area contributed by atoms with Gasteiger partial charge in [0.25, 0.3) is 0 Å². The molecule has 2 bridgehead atoms. The van der Waals surface area contributed by atoms with E-state index in [-0.39, 0.29) is 6.61 Å². The van der Waals surface area contributed by atoms with E-state index in [9.17, 15) is 15.3 Å². The van der Waals surface area contributed by atoms with Crippen molar-refractivity contribution in [3.05, 3.63) is 0 Å². The van der Waals surface area contributed by atoms with Crippen LogP contribution < -0.4 is 0 Å². The van der Waals surface area contributed by atoms with Crippen molar-refractivity contribution in [3.63, 3.8) is 0 Å². The van der Waals surface area contributed by atoms with Gasteiger partial charge in [-0.2, -0.15) is 0 Å². The average molecular weight is 192 g/mol. The summed E-state index contributed by atoms with van der Waals surface area (Å²) < 4.78 is 9.89. The zero-order chi connectivity index (χ0) is 9.64. The van der Waals surface area contributed by atoms with Crippen molar-refractivity contribution < 1.29 is 29.9 Å². The summed E-state index contributed by atoms with van der Waals surface area (Å²) in [5, 5.41) is 37.6. The van der Waals surface area contributed by atoms with Gasteiger partial charge in [0, 0.05) is 0 Å². The summed E-state index contributed by atoms with van der Waals surface area (Å²) in [6.07, 6.45) is -4.50. The molecule has 2 fully saturated rings. The second-order valence-electron chi connectivity index (χ2n) is 3.36. The SMILES string of the molecule is OCC1OC2OCC(O)C1(O)C2O. The molecular weight excluding hydrogens is 180 g/mol. The highest BCUT2D eigenvalue weighted by molar-refractivity contribution is 5.08. The lowest BCUT2D eigenvalue weighted by Gasteiger charge is -2.37. The predicted molar refractivity (Wildman–Crippen MR) is 38.7 cm³/mol. The van der Waals surface area contributed by atoms with Crippen LogP contribution in [0.5, 0.6) is 0 Å². The molecule has 2 heterocycles. The van der Waals surface area contributed by atoms with E-state index >= 15 is 0 Å². The fourth-order valence-electron chi connectivity index (χ4n) is 1.80. The highest BCUT2D eigenvalue weighted by Crippen LogP contribution is 2.38. The molecule has 0 aliphatic carbocycles. The van der Waals surface area contributed by atoms with E-state index in [1.165, 1.54) is 0 Å². The van der Waals surface area contributed by atoms with Gasteiger partial charge in [0.15, 0.2) is 11.9 Å². The van der Waals surface area contributed by atoms with Gasteiger partial charge in [-0.15, -0.1) is 0 Å². The molecule has 0 saturated carbocycles. The Balaban J connectivity index is 2.30. The molecule has 4 N–H and O–H groups in total. The molecule has 0 amide bonds. The van der Waals surface area contributed by atoms with Crippen LogP contribution in [0.1, 0.15) is 0 Å². The normalized spacial score (nSPS) is 55.4. The molecular formula is C7H12O6. The van der Waals surface area contributed by atoms with Gasteiger partial charge in [0.2, 0.25) is 0 Å². The number of ether oxygens (including phenoxy) is 2. The fourth-order valence-corrected chi connectivity index (χ4v) is 1.80. The molecule has 0 aromatic heterocycles. The monoisotopic (exact) mass is 192 g/mol. The second-order valence-corrected chi connectivity index (χ2v) is 3.36. The molecule has 2 aliphatic heterocycles. The minimum atomic E-state index is -1.81. The van der Waals surface area contributed by atoms with Crippen molar-refractivity contribution in [2.24, 2.45) is 0 Å². The van der Waals surface area contributed by atoms with Crippen LogP contribution in [-0.2, 0) is 9.47 Å². The molecule has 0 radical (unpaired) electrons. The van der Waals surface area contributed by atoms with E-state index in [1.54, 1.807) is 0 Å². The van der Waals surface area contributed by atoms with Crippen molar-refractivity contribution in [1.29, 1.82) is 0 Å². The Labute approximate surface area is 74.3 Å². The fraction of sp³-hybridized carbons (Fsp3) is 1.00. The summed E-state index contributed by atoms with van der Waals surface area (Å²) in [4.78, 5) is 0. The summed E-state index contributed by atoms with van der Waals surface area (Å²) in [6, 6.07) is 0. The zero-order valence-corrected chi connectivity index (χ0v) is 6.83. The van der Waals surface area contributed by atoms with Crippen molar-refractivity contribution >= 4 is 0 Å². The third-order valence-corrected chi connectivity index (χ3v) is 2.66. The summed E-state index contributed by atoms with van der Waals surface area (Å²) >= 11 is 0. The predicted octanol–water partition coefficient (Wildman–Crippen LogP) is -2.81. The molecule has 76 valence electrons. The quantitative estimate of drug-likeness (QED) is 0.358. The summed E-state index contributed by atoms with van der Waals surface area (Å²) in [5.41, 5.74) is -1.81. The van der Waals surface area contributed by atoms with E-state index in [0.29, 0.717) is 0 Å². The zero-order valence-electron chi connectivity index (χ0n) is 6.83. The van der Waals surface area contributed by atoms with Crippen LogP contribution >= 0.6 is 0 Å². The van der Waals surface area contributed by atoms with Crippen LogP contribution in [0, 0.1) is 0 Å². The van der Waals surface area contributed by atoms with Crippen molar-refractivity contribution in [1.82, 2.24) is 0 Å². The third-order valence-electron chi connectivity index (χ3n) is 2.66. The maximum absolute atomic E-state index is 9.85. The van der Waals surface area contributed by atoms with Gasteiger partial charge in [-0.1, -0.05) is 0 Å². The minimum absolute atomic E-state index is 0.102. The Kier molecular flexibility index (Phi) is 2.06. The van der Waals surface area contributed by atoms with Gasteiger partial charge in [-0.3, -0.25) is 0 Å². The molecule has 2 rings (SSSR count). The third kappa shape index (κ3) is 1.04. The molecule has 5 unspecified atom stereocenters. The lowest BCUT2D eigenvalue weighted by Crippen LogP contribution is -2.62. The second kappa shape index (κ2) is 2.88. The Hall–Kier alpha value is -0.240. The number of hydrogen-bond acceptors (Lipinski definition) is 6. The number of aliphatic hydroxyl groups excluding tert-OH is 3. The Morgan fingerprint density at radius 2 is 2.08 bits per heavy atom. The van der Waals surface area contributed by atoms with Gasteiger partial charge in [0.05, 0.1) is 13.2 Å². The molecule has 2 saturated heterocycles. The summed E-state index contributed by atoms with van der Waals surface area (Å²) in [7, 11) is 0. The standard InChI is InChI=1S/C7H12O6/c8-1-4-7(11)3(9)2-12-6(13-4)5(7)10/h3-6,8-11H,1-2H2. The molecule has 5 atom stereocenters. The van der Waals surface area contributed by atoms with E-state index in [2.05, 4.69) is 0 Å². The lowest BCUT2D eigenvalue weighted by molar-refractivity contribution is -0.227. The summed E-state index contributed by atoms with van der Waals surface area (Å²) in [5.74, 6) is 0. The van der Waals surface area contributed by atoms with Crippen molar-refractivity contribution in [2.45, 2.75) is 30.2 Å². The van der Waals surface area contributed by atoms with Crippen LogP contribution in [0.15, 0.2) is 0 Å². The lowest BCUT2D eigenvalue weighted by atomic mass is 9.85. The first-order valence-electron chi connectivity index (χ1n) is 4.07. The Bertz CT molecular complexity index is 209. The summed E-state index contributed by atoms with van der Waals surface area (Å²) in [6.45, 7) is -0.570. The molecule has 0 aromatic carbocycles. The molecule has 2 aliphatic rings. The largest absolute Gasteiger partial charge is 0.394 e. The van der Waals surface area contributed by atoms with Crippen LogP contribution in [-0.4, -0.2) is 63.8 Å². The van der Waals surface area contributed by atoms with E-state index in [1.807, 2.05) is 0 Å². The molecule has 6 nitrogen and oxygen atoms in total. The van der Waals surface area contributed by atoms with Gasteiger partial charge in [0.1, 0.15) is 18.3 Å². The first kappa shape index (κ1) is 9.32. The first-order valence-corrected chi connectivity index (χ1v) is 4.07. The number of hydrogen-bond donors (Lipinski definition) is 4. The minimum Gasteiger partial charge on any atom is -0.394 e. The van der Waals surface area contributed by atoms with Crippen molar-refractivity contribution in [2.75, 3.05) is 13.2 Å². The van der Waals surface area contributed by atoms with Crippen molar-refractivity contribution in [3.8, 4) is 0 Å². The Morgan fingerprint density at radius 3 is 2.69 bits per heavy atom. The van der Waals surface area contributed by atoms with Crippen LogP contribution in [0.3, 0.4) is 0 Å². The van der Waals surface area contributed by atoms with E-state index < -0.39 is 36.8 Å². The maximum atomic E-state index is 9.85. The first-order chi connectivity index (χ1) is 6.10. The average Bonchev–Trinajstić information content (AvgIpc) is 2.28. The van der Waals surface area contributed by atoms with Gasteiger partial charge < -0.3 is 29.9 Å². The molecule has 0 aromatic rings. The molecule has 0 spiro atoms.